The van der Waals surface area contributed by atoms with Crippen molar-refractivity contribution in [3.05, 3.63) is 29.6 Å². The van der Waals surface area contributed by atoms with Crippen LogP contribution < -0.4 is 0 Å². The Bertz CT molecular complexity index is 399. The van der Waals surface area contributed by atoms with E-state index in [0.717, 1.165) is 0 Å². The van der Waals surface area contributed by atoms with E-state index in [0.29, 0.717) is 5.56 Å². The summed E-state index contributed by atoms with van der Waals surface area (Å²) < 4.78 is 1.66. The van der Waals surface area contributed by atoms with Gasteiger partial charge < -0.3 is 10.1 Å². The Morgan fingerprint density at radius 3 is 2.77 bits per heavy atom. The second-order valence-electron chi connectivity index (χ2n) is 2.50. The summed E-state index contributed by atoms with van der Waals surface area (Å²) in [5.41, 5.74) is 8.12. The van der Waals surface area contributed by atoms with Gasteiger partial charge in [0.15, 0.2) is 0 Å². The largest absolute Gasteiger partial charge is 0.401 e. The molecular weight excluding hydrogens is 170 g/mol. The van der Waals surface area contributed by atoms with Crippen molar-refractivity contribution in [1.82, 2.24) is 4.57 Å². The van der Waals surface area contributed by atoms with Gasteiger partial charge in [-0.2, -0.15) is 4.79 Å². The molecule has 0 saturated heterocycles. The van der Waals surface area contributed by atoms with Crippen LogP contribution >= 0.6 is 0 Å². The van der Waals surface area contributed by atoms with Crippen molar-refractivity contribution in [2.24, 2.45) is 7.05 Å². The van der Waals surface area contributed by atoms with Crippen LogP contribution in [0.5, 0.6) is 0 Å². The molecule has 0 atom stereocenters. The highest BCUT2D eigenvalue weighted by Crippen LogP contribution is 2.00. The van der Waals surface area contributed by atoms with Gasteiger partial charge in [-0.25, -0.2) is 0 Å². The second kappa shape index (κ2) is 3.60. The van der Waals surface area contributed by atoms with Crippen LogP contribution in [0.25, 0.3) is 5.53 Å². The van der Waals surface area contributed by atoms with E-state index in [1.807, 2.05) is 0 Å². The minimum absolute atomic E-state index is 0.218. The lowest BCUT2D eigenvalue weighted by Crippen LogP contribution is -2.16. The zero-order valence-corrected chi connectivity index (χ0v) is 6.97. The summed E-state index contributed by atoms with van der Waals surface area (Å²) in [6, 6.07) is 1.54. The highest BCUT2D eigenvalue weighted by molar-refractivity contribution is 6.61. The quantitative estimate of drug-likeness (QED) is 0.164. The first-order valence-corrected chi connectivity index (χ1v) is 3.53. The molecule has 0 fully saturated rings. The number of nitrogens with zero attached hydrogens (tertiary/aromatic N) is 3. The predicted molar refractivity (Wildman–Crippen MR) is 44.4 cm³/mol. The van der Waals surface area contributed by atoms with Crippen LogP contribution in [-0.4, -0.2) is 27.1 Å². The Hall–Kier alpha value is -2.00. The molecule has 0 aromatic carbocycles. The number of hydrogen-bond donors (Lipinski definition) is 0. The first-order valence-electron chi connectivity index (χ1n) is 3.53. The van der Waals surface area contributed by atoms with Gasteiger partial charge in [0.2, 0.25) is 6.29 Å². The number of carbonyl (C=O) groups excluding carboxylic acids is 2. The van der Waals surface area contributed by atoms with Crippen LogP contribution in [0, 0.1) is 0 Å². The van der Waals surface area contributed by atoms with Gasteiger partial charge in [-0.05, 0) is 6.07 Å². The van der Waals surface area contributed by atoms with Gasteiger partial charge in [0.25, 0.3) is 5.78 Å². The van der Waals surface area contributed by atoms with Crippen molar-refractivity contribution in [3.63, 3.8) is 0 Å². The van der Waals surface area contributed by atoms with Gasteiger partial charge in [0.05, 0.1) is 0 Å². The molecule has 1 aromatic heterocycles. The zero-order chi connectivity index (χ0) is 9.84. The van der Waals surface area contributed by atoms with E-state index < -0.39 is 11.5 Å². The molecule has 0 aliphatic carbocycles. The topological polar surface area (TPSA) is 75.5 Å². The second-order valence-corrected chi connectivity index (χ2v) is 2.50. The third-order valence-corrected chi connectivity index (χ3v) is 1.55. The average Bonchev–Trinajstić information content (AvgIpc) is 2.54. The Balaban J connectivity index is 3.04. The summed E-state index contributed by atoms with van der Waals surface area (Å²) in [6.07, 6.45) is 3.42. The lowest BCUT2D eigenvalue weighted by atomic mass is 10.1. The van der Waals surface area contributed by atoms with E-state index in [-0.39, 0.29) is 6.29 Å². The van der Waals surface area contributed by atoms with Gasteiger partial charge in [-0.3, -0.25) is 9.59 Å². The Morgan fingerprint density at radius 1 is 1.69 bits per heavy atom. The Kier molecular flexibility index (Phi) is 2.52. The third-order valence-electron chi connectivity index (χ3n) is 1.55. The molecule has 0 bridgehead atoms. The van der Waals surface area contributed by atoms with Crippen LogP contribution in [-0.2, 0) is 11.8 Å². The van der Waals surface area contributed by atoms with Crippen molar-refractivity contribution >= 4 is 17.8 Å². The monoisotopic (exact) mass is 177 g/mol. The number of aldehydes is 1. The van der Waals surface area contributed by atoms with Gasteiger partial charge in [-0.15, -0.1) is 0 Å². The number of rotatable bonds is 3. The van der Waals surface area contributed by atoms with Gasteiger partial charge >= 0.3 is 5.71 Å². The van der Waals surface area contributed by atoms with E-state index in [2.05, 4.69) is 4.79 Å². The van der Waals surface area contributed by atoms with E-state index in [4.69, 9.17) is 5.53 Å². The Morgan fingerprint density at radius 2 is 2.38 bits per heavy atom. The number of ketones is 1. The van der Waals surface area contributed by atoms with Gasteiger partial charge in [-0.1, -0.05) is 0 Å². The molecule has 1 rings (SSSR count). The van der Waals surface area contributed by atoms with Crippen molar-refractivity contribution in [2.45, 2.75) is 0 Å². The normalized spacial score (nSPS) is 9.00. The van der Waals surface area contributed by atoms with Crippen LogP contribution in [0.2, 0.25) is 0 Å². The maximum Gasteiger partial charge on any atom is 0.401 e. The summed E-state index contributed by atoms with van der Waals surface area (Å²) in [5, 5.41) is 0. The summed E-state index contributed by atoms with van der Waals surface area (Å²) in [6.45, 7) is 0. The van der Waals surface area contributed by atoms with Crippen molar-refractivity contribution in [2.75, 3.05) is 0 Å². The number of Topliss-reactive ketones (excluding diaryl/α,β-unsaturated/α-hetero) is 1. The van der Waals surface area contributed by atoms with Crippen LogP contribution in [0.1, 0.15) is 10.4 Å². The van der Waals surface area contributed by atoms with Crippen LogP contribution in [0.15, 0.2) is 18.5 Å². The highest BCUT2D eigenvalue weighted by Gasteiger charge is 2.21. The van der Waals surface area contributed by atoms with Crippen molar-refractivity contribution in [1.29, 1.82) is 0 Å². The first kappa shape index (κ1) is 9.09. The summed E-state index contributed by atoms with van der Waals surface area (Å²) in [4.78, 5) is 24.1. The molecule has 1 heterocycles. The number of aryl methyl sites for hydroxylation is 1. The highest BCUT2D eigenvalue weighted by atomic mass is 16.1. The molecule has 5 heteroatoms. The molecule has 66 valence electrons. The lowest BCUT2D eigenvalue weighted by molar-refractivity contribution is -0.106. The minimum atomic E-state index is -0.585. The fraction of sp³-hybridized carbons (Fsp3) is 0.125. The lowest BCUT2D eigenvalue weighted by Gasteiger charge is -1.85. The van der Waals surface area contributed by atoms with Crippen LogP contribution in [0.3, 0.4) is 0 Å². The molecule has 1 aromatic rings. The molecular formula is C8H7N3O2. The van der Waals surface area contributed by atoms with Crippen molar-refractivity contribution < 1.29 is 14.4 Å². The zero-order valence-electron chi connectivity index (χ0n) is 6.97. The predicted octanol–water partition coefficient (Wildman–Crippen LogP) is 0.0775. The first-order chi connectivity index (χ1) is 6.19. The van der Waals surface area contributed by atoms with E-state index in [9.17, 15) is 9.59 Å². The number of carbonyl (C=O) groups is 2. The van der Waals surface area contributed by atoms with Gasteiger partial charge in [0.1, 0.15) is 0 Å². The summed E-state index contributed by atoms with van der Waals surface area (Å²) in [7, 11) is 1.74. The standard InChI is InChI=1S/C8H7N3O2/c1-11-3-2-6(4-11)8(13)7(5-12)10-9/h2-5H,1H3. The number of hydrogen-bond acceptors (Lipinski definition) is 2. The molecule has 5 nitrogen and oxygen atoms in total. The van der Waals surface area contributed by atoms with E-state index >= 15 is 0 Å². The van der Waals surface area contributed by atoms with Crippen molar-refractivity contribution in [3.8, 4) is 0 Å². The smallest absolute Gasteiger partial charge is 0.360 e. The summed E-state index contributed by atoms with van der Waals surface area (Å²) >= 11 is 0. The molecule has 0 spiro atoms. The average molecular weight is 177 g/mol. The fourth-order valence-corrected chi connectivity index (χ4v) is 0.908. The minimum Gasteiger partial charge on any atom is -0.360 e. The molecule has 0 aliphatic heterocycles. The SMILES string of the molecule is Cn1ccc(C(=O)C(C=O)=[N+]=[N-])c1. The number of aromatic nitrogens is 1. The molecule has 0 aliphatic rings. The molecule has 0 unspecified atom stereocenters. The molecule has 13 heavy (non-hydrogen) atoms. The molecule has 0 amide bonds. The Labute approximate surface area is 74.2 Å². The van der Waals surface area contributed by atoms with E-state index in [1.54, 1.807) is 17.8 Å². The fourth-order valence-electron chi connectivity index (χ4n) is 0.908. The third kappa shape index (κ3) is 1.77. The molecule has 0 radical (unpaired) electrons. The van der Waals surface area contributed by atoms with Gasteiger partial charge in [0, 0.05) is 25.0 Å². The summed E-state index contributed by atoms with van der Waals surface area (Å²) in [5.74, 6) is -0.585. The molecule has 0 N–H and O–H groups in total. The van der Waals surface area contributed by atoms with Crippen LogP contribution in [0.4, 0.5) is 0 Å². The molecule has 0 saturated carbocycles. The maximum absolute atomic E-state index is 11.3. The maximum atomic E-state index is 11.3. The van der Waals surface area contributed by atoms with E-state index in [1.165, 1.54) is 12.3 Å².